The summed E-state index contributed by atoms with van der Waals surface area (Å²) in [5, 5.41) is 16.8. The van der Waals surface area contributed by atoms with Gasteiger partial charge in [0.2, 0.25) is 5.91 Å². The number of amides is 1. The van der Waals surface area contributed by atoms with Crippen molar-refractivity contribution in [3.63, 3.8) is 0 Å². The molecule has 22 heavy (non-hydrogen) atoms. The van der Waals surface area contributed by atoms with Gasteiger partial charge in [-0.2, -0.15) is 10.2 Å². The molecule has 0 radical (unpaired) electrons. The molecule has 8 nitrogen and oxygen atoms in total. The van der Waals surface area contributed by atoms with Gasteiger partial charge in [-0.1, -0.05) is 0 Å². The summed E-state index contributed by atoms with van der Waals surface area (Å²) in [7, 11) is 1.73. The predicted octanol–water partition coefficient (Wildman–Crippen LogP) is 0.846. The van der Waals surface area contributed by atoms with E-state index in [9.17, 15) is 9.59 Å². The second-order valence-electron chi connectivity index (χ2n) is 4.97. The van der Waals surface area contributed by atoms with Crippen LogP contribution in [0.4, 0.5) is 0 Å². The summed E-state index contributed by atoms with van der Waals surface area (Å²) >= 11 is 0. The van der Waals surface area contributed by atoms with Crippen LogP contribution < -0.4 is 0 Å². The maximum absolute atomic E-state index is 12.1. The molecule has 0 spiro atoms. The minimum absolute atomic E-state index is 0.0206. The van der Waals surface area contributed by atoms with Crippen LogP contribution in [-0.2, 0) is 24.4 Å². The number of carbonyl (C=O) groups is 2. The molecule has 1 amide bonds. The number of aromatic nitrogens is 4. The van der Waals surface area contributed by atoms with Gasteiger partial charge in [0, 0.05) is 51.1 Å². The Morgan fingerprint density at radius 1 is 1.36 bits per heavy atom. The minimum Gasteiger partial charge on any atom is -0.476 e. The number of carbonyl (C=O) groups excluding carboxylic acids is 1. The van der Waals surface area contributed by atoms with Crippen molar-refractivity contribution < 1.29 is 14.7 Å². The molecule has 0 aliphatic rings. The lowest BCUT2D eigenvalue weighted by Gasteiger charge is -2.16. The summed E-state index contributed by atoms with van der Waals surface area (Å²) < 4.78 is 3.27. The predicted molar refractivity (Wildman–Crippen MR) is 78.2 cm³/mol. The number of nitrogens with zero attached hydrogens (tertiary/aromatic N) is 5. The van der Waals surface area contributed by atoms with Gasteiger partial charge in [-0.3, -0.25) is 14.2 Å². The zero-order valence-electron chi connectivity index (χ0n) is 12.6. The molecular formula is C14H19N5O3. The maximum atomic E-state index is 12.1. The van der Waals surface area contributed by atoms with E-state index in [4.69, 9.17) is 5.11 Å². The lowest BCUT2D eigenvalue weighted by Crippen LogP contribution is -2.27. The van der Waals surface area contributed by atoms with Gasteiger partial charge in [0.15, 0.2) is 5.69 Å². The summed E-state index contributed by atoms with van der Waals surface area (Å²) in [6.45, 7) is 3.65. The summed E-state index contributed by atoms with van der Waals surface area (Å²) in [6, 6.07) is 1.41. The molecule has 8 heteroatoms. The Kier molecular flexibility index (Phi) is 4.92. The van der Waals surface area contributed by atoms with E-state index in [0.29, 0.717) is 13.1 Å². The van der Waals surface area contributed by atoms with Crippen LogP contribution in [0.2, 0.25) is 0 Å². The number of carboxylic acids is 1. The first-order chi connectivity index (χ1) is 10.5. The molecule has 2 aromatic heterocycles. The summed E-state index contributed by atoms with van der Waals surface area (Å²) in [5.74, 6) is -1.10. The molecule has 0 aliphatic carbocycles. The topological polar surface area (TPSA) is 93.2 Å². The minimum atomic E-state index is -1.07. The van der Waals surface area contributed by atoms with E-state index in [1.54, 1.807) is 24.3 Å². The van der Waals surface area contributed by atoms with Crippen LogP contribution in [0.25, 0.3) is 0 Å². The van der Waals surface area contributed by atoms with Crippen LogP contribution in [0.1, 0.15) is 29.4 Å². The van der Waals surface area contributed by atoms with E-state index in [2.05, 4.69) is 10.2 Å². The van der Waals surface area contributed by atoms with Crippen molar-refractivity contribution in [1.82, 2.24) is 24.5 Å². The van der Waals surface area contributed by atoms with E-state index < -0.39 is 5.97 Å². The van der Waals surface area contributed by atoms with Crippen molar-refractivity contribution in [2.24, 2.45) is 0 Å². The largest absolute Gasteiger partial charge is 0.476 e. The molecule has 2 heterocycles. The summed E-state index contributed by atoms with van der Waals surface area (Å²) in [5.41, 5.74) is 0.956. The molecule has 1 N–H and O–H groups in total. The average molecular weight is 305 g/mol. The molecule has 2 rings (SSSR count). The number of carboxylic acid groups (broad SMARTS) is 1. The van der Waals surface area contributed by atoms with Gasteiger partial charge >= 0.3 is 5.97 Å². The summed E-state index contributed by atoms with van der Waals surface area (Å²) in [6.07, 6.45) is 5.48. The number of hydrogen-bond donors (Lipinski definition) is 1. The highest BCUT2D eigenvalue weighted by Gasteiger charge is 2.12. The first kappa shape index (κ1) is 15.7. The summed E-state index contributed by atoms with van der Waals surface area (Å²) in [4.78, 5) is 24.4. The van der Waals surface area contributed by atoms with Crippen LogP contribution in [0.3, 0.4) is 0 Å². The highest BCUT2D eigenvalue weighted by atomic mass is 16.4. The Labute approximate surface area is 127 Å². The lowest BCUT2D eigenvalue weighted by atomic mass is 10.3. The van der Waals surface area contributed by atoms with E-state index in [1.807, 2.05) is 17.8 Å². The van der Waals surface area contributed by atoms with Gasteiger partial charge in [0.25, 0.3) is 0 Å². The van der Waals surface area contributed by atoms with Gasteiger partial charge in [0.1, 0.15) is 0 Å². The third kappa shape index (κ3) is 3.94. The molecular weight excluding hydrogens is 286 g/mol. The second-order valence-corrected chi connectivity index (χ2v) is 4.97. The number of rotatable bonds is 7. The van der Waals surface area contributed by atoms with Crippen molar-refractivity contribution in [2.75, 3.05) is 7.05 Å². The van der Waals surface area contributed by atoms with Gasteiger partial charge < -0.3 is 10.0 Å². The molecule has 118 valence electrons. The van der Waals surface area contributed by atoms with E-state index in [-0.39, 0.29) is 18.0 Å². The van der Waals surface area contributed by atoms with Crippen molar-refractivity contribution in [3.05, 3.63) is 35.9 Å². The Balaban J connectivity index is 1.84. The van der Waals surface area contributed by atoms with E-state index >= 15 is 0 Å². The molecule has 0 saturated heterocycles. The van der Waals surface area contributed by atoms with Crippen LogP contribution >= 0.6 is 0 Å². The zero-order valence-corrected chi connectivity index (χ0v) is 12.6. The highest BCUT2D eigenvalue weighted by Crippen LogP contribution is 2.05. The molecule has 0 aliphatic heterocycles. The standard InChI is InChI=1S/C14H19N5O3/c1-3-18-10-11(8-15-18)9-17(2)13(20)5-7-19-6-4-12(16-19)14(21)22/h4,6,8,10H,3,5,7,9H2,1-2H3,(H,21,22). The van der Waals surface area contributed by atoms with E-state index in [1.165, 1.54) is 10.7 Å². The molecule has 0 aromatic carbocycles. The van der Waals surface area contributed by atoms with Crippen LogP contribution in [0.15, 0.2) is 24.7 Å². The van der Waals surface area contributed by atoms with Crippen LogP contribution in [0, 0.1) is 0 Å². The van der Waals surface area contributed by atoms with Crippen molar-refractivity contribution in [2.45, 2.75) is 33.0 Å². The molecule has 0 fully saturated rings. The third-order valence-electron chi connectivity index (χ3n) is 3.27. The fourth-order valence-corrected chi connectivity index (χ4v) is 2.02. The Hall–Kier alpha value is -2.64. The molecule has 0 bridgehead atoms. The zero-order chi connectivity index (χ0) is 16.1. The highest BCUT2D eigenvalue weighted by molar-refractivity contribution is 5.85. The monoisotopic (exact) mass is 305 g/mol. The van der Waals surface area contributed by atoms with Gasteiger partial charge in [-0.25, -0.2) is 4.79 Å². The molecule has 2 aromatic rings. The molecule has 0 saturated carbocycles. The van der Waals surface area contributed by atoms with Gasteiger partial charge in [0.05, 0.1) is 6.20 Å². The normalized spacial score (nSPS) is 10.6. The molecule has 0 atom stereocenters. The second kappa shape index (κ2) is 6.88. The quantitative estimate of drug-likeness (QED) is 0.818. The van der Waals surface area contributed by atoms with Gasteiger partial charge in [-0.15, -0.1) is 0 Å². The average Bonchev–Trinajstić information content (AvgIpc) is 3.13. The third-order valence-corrected chi connectivity index (χ3v) is 3.27. The van der Waals surface area contributed by atoms with Crippen molar-refractivity contribution in [3.8, 4) is 0 Å². The Morgan fingerprint density at radius 2 is 2.14 bits per heavy atom. The lowest BCUT2D eigenvalue weighted by molar-refractivity contribution is -0.130. The van der Waals surface area contributed by atoms with Gasteiger partial charge in [-0.05, 0) is 13.0 Å². The maximum Gasteiger partial charge on any atom is 0.356 e. The Bertz CT molecular complexity index is 661. The van der Waals surface area contributed by atoms with E-state index in [0.717, 1.165) is 12.1 Å². The smallest absolute Gasteiger partial charge is 0.356 e. The van der Waals surface area contributed by atoms with Crippen molar-refractivity contribution >= 4 is 11.9 Å². The number of hydrogen-bond acceptors (Lipinski definition) is 4. The fourth-order valence-electron chi connectivity index (χ4n) is 2.02. The Morgan fingerprint density at radius 3 is 2.73 bits per heavy atom. The number of aromatic carboxylic acids is 1. The molecule has 0 unspecified atom stereocenters. The van der Waals surface area contributed by atoms with Crippen LogP contribution in [-0.4, -0.2) is 48.5 Å². The SMILES string of the molecule is CCn1cc(CN(C)C(=O)CCn2ccc(C(=O)O)n2)cn1. The number of aryl methyl sites for hydroxylation is 2. The van der Waals surface area contributed by atoms with Crippen molar-refractivity contribution in [1.29, 1.82) is 0 Å². The van der Waals surface area contributed by atoms with Crippen LogP contribution in [0.5, 0.6) is 0 Å². The first-order valence-corrected chi connectivity index (χ1v) is 7.01. The fraction of sp³-hybridized carbons (Fsp3) is 0.429. The first-order valence-electron chi connectivity index (χ1n) is 7.01.